The van der Waals surface area contributed by atoms with Crippen molar-refractivity contribution in [2.45, 2.75) is 0 Å². The molecule has 0 atom stereocenters. The second-order valence-electron chi connectivity index (χ2n) is 1.65. The van der Waals surface area contributed by atoms with E-state index >= 15 is 0 Å². The quantitative estimate of drug-likeness (QED) is 0.460. The molecule has 2 nitrogen and oxygen atoms in total. The summed E-state index contributed by atoms with van der Waals surface area (Å²) in [7, 11) is 0. The number of nitrogens with one attached hydrogen (secondary N) is 1. The maximum atomic E-state index is 5.15. The summed E-state index contributed by atoms with van der Waals surface area (Å²) >= 11 is 3.31. The van der Waals surface area contributed by atoms with Gasteiger partial charge in [-0.05, 0) is 18.2 Å². The summed E-state index contributed by atoms with van der Waals surface area (Å²) in [6.07, 6.45) is 0. The molecule has 0 radical (unpaired) electrons. The SMILES string of the molecule is NNc1cccc(Br)c1.[Cl-]. The van der Waals surface area contributed by atoms with Gasteiger partial charge in [-0.15, -0.1) is 0 Å². The average Bonchev–Trinajstić information content (AvgIpc) is 1.88. The second kappa shape index (κ2) is 4.55. The third kappa shape index (κ3) is 2.56. The molecule has 4 heteroatoms. The number of rotatable bonds is 1. The molecule has 0 aliphatic heterocycles. The number of anilines is 1. The standard InChI is InChI=1S/C6H7BrN2.ClH/c7-5-2-1-3-6(4-5)9-8;/h1-4,9H,8H2;1H/p-1. The van der Waals surface area contributed by atoms with Crippen molar-refractivity contribution in [1.29, 1.82) is 0 Å². The van der Waals surface area contributed by atoms with Crippen molar-refractivity contribution in [2.24, 2.45) is 5.84 Å². The monoisotopic (exact) mass is 221 g/mol. The first-order valence-corrected chi connectivity index (χ1v) is 3.34. The predicted molar refractivity (Wildman–Crippen MR) is 42.0 cm³/mol. The first-order valence-electron chi connectivity index (χ1n) is 2.55. The lowest BCUT2D eigenvalue weighted by Crippen LogP contribution is -3.00. The second-order valence-corrected chi connectivity index (χ2v) is 2.57. The van der Waals surface area contributed by atoms with Crippen LogP contribution < -0.4 is 23.7 Å². The zero-order valence-corrected chi connectivity index (χ0v) is 7.48. The first kappa shape index (κ1) is 9.75. The Labute approximate surface area is 74.3 Å². The molecule has 0 heterocycles. The summed E-state index contributed by atoms with van der Waals surface area (Å²) in [5.74, 6) is 5.15. The van der Waals surface area contributed by atoms with E-state index in [0.29, 0.717) is 0 Å². The van der Waals surface area contributed by atoms with Crippen LogP contribution >= 0.6 is 15.9 Å². The van der Waals surface area contributed by atoms with Crippen LogP contribution in [0.25, 0.3) is 0 Å². The van der Waals surface area contributed by atoms with Gasteiger partial charge in [0.2, 0.25) is 0 Å². The van der Waals surface area contributed by atoms with Crippen LogP contribution in [0.15, 0.2) is 28.7 Å². The molecule has 0 fully saturated rings. The molecule has 3 N–H and O–H groups in total. The van der Waals surface area contributed by atoms with E-state index in [-0.39, 0.29) is 12.4 Å². The summed E-state index contributed by atoms with van der Waals surface area (Å²) < 4.78 is 1.03. The lowest BCUT2D eigenvalue weighted by Gasteiger charge is -1.97. The van der Waals surface area contributed by atoms with Crippen molar-refractivity contribution in [3.8, 4) is 0 Å². The molecule has 0 amide bonds. The van der Waals surface area contributed by atoms with Crippen LogP contribution in [0, 0.1) is 0 Å². The number of benzene rings is 1. The maximum absolute atomic E-state index is 5.15. The van der Waals surface area contributed by atoms with Gasteiger partial charge in [-0.3, -0.25) is 5.84 Å². The molecule has 1 rings (SSSR count). The zero-order chi connectivity index (χ0) is 6.69. The van der Waals surface area contributed by atoms with Gasteiger partial charge >= 0.3 is 0 Å². The molecule has 0 aliphatic carbocycles. The number of hydrogen-bond donors (Lipinski definition) is 2. The molecule has 0 spiro atoms. The summed E-state index contributed by atoms with van der Waals surface area (Å²) in [5, 5.41) is 0. The van der Waals surface area contributed by atoms with Crippen LogP contribution in [-0.4, -0.2) is 0 Å². The Balaban J connectivity index is 0.000000810. The number of nitrogen functional groups attached to an aromatic ring is 1. The Morgan fingerprint density at radius 1 is 1.40 bits per heavy atom. The average molecular weight is 222 g/mol. The molecule has 1 aromatic carbocycles. The molecular formula is C6H7BrClN2-. The molecule has 0 saturated heterocycles. The van der Waals surface area contributed by atoms with E-state index in [0.717, 1.165) is 10.2 Å². The summed E-state index contributed by atoms with van der Waals surface area (Å²) in [4.78, 5) is 0. The van der Waals surface area contributed by atoms with Crippen LogP contribution in [-0.2, 0) is 0 Å². The van der Waals surface area contributed by atoms with Crippen LogP contribution in [0.1, 0.15) is 0 Å². The lowest BCUT2D eigenvalue weighted by atomic mass is 10.3. The first-order chi connectivity index (χ1) is 4.33. The largest absolute Gasteiger partial charge is 1.00 e. The van der Waals surface area contributed by atoms with E-state index in [9.17, 15) is 0 Å². The maximum Gasteiger partial charge on any atom is 0.0496 e. The van der Waals surface area contributed by atoms with Gasteiger partial charge in [-0.25, -0.2) is 0 Å². The normalized spacial score (nSPS) is 8.20. The minimum atomic E-state index is 0. The Kier molecular flexibility index (Phi) is 4.43. The topological polar surface area (TPSA) is 38.0 Å². The van der Waals surface area contributed by atoms with Gasteiger partial charge < -0.3 is 17.8 Å². The highest BCUT2D eigenvalue weighted by Gasteiger charge is 1.86. The van der Waals surface area contributed by atoms with Gasteiger partial charge in [-0.2, -0.15) is 0 Å². The number of hydrogen-bond acceptors (Lipinski definition) is 2. The van der Waals surface area contributed by atoms with Crippen molar-refractivity contribution < 1.29 is 12.4 Å². The van der Waals surface area contributed by atoms with Crippen LogP contribution in [0.3, 0.4) is 0 Å². The van der Waals surface area contributed by atoms with E-state index in [4.69, 9.17) is 5.84 Å². The number of nitrogens with two attached hydrogens (primary N) is 1. The highest BCUT2D eigenvalue weighted by Crippen LogP contribution is 2.13. The molecule has 0 aromatic heterocycles. The minimum absolute atomic E-state index is 0. The fourth-order valence-corrected chi connectivity index (χ4v) is 0.978. The summed E-state index contributed by atoms with van der Waals surface area (Å²) in [5.41, 5.74) is 3.44. The molecule has 0 aliphatic rings. The highest BCUT2D eigenvalue weighted by atomic mass is 79.9. The van der Waals surface area contributed by atoms with Gasteiger partial charge in [0.05, 0.1) is 0 Å². The predicted octanol–water partition coefficient (Wildman–Crippen LogP) is -1.26. The fraction of sp³-hybridized carbons (Fsp3) is 0. The van der Waals surface area contributed by atoms with Crippen LogP contribution in [0.4, 0.5) is 5.69 Å². The number of halogens is 2. The Hall–Kier alpha value is -0.250. The van der Waals surface area contributed by atoms with Gasteiger partial charge in [-0.1, -0.05) is 22.0 Å². The summed E-state index contributed by atoms with van der Waals surface area (Å²) in [6, 6.07) is 7.66. The zero-order valence-electron chi connectivity index (χ0n) is 5.14. The van der Waals surface area contributed by atoms with Crippen molar-refractivity contribution in [3.05, 3.63) is 28.7 Å². The third-order valence-corrected chi connectivity index (χ3v) is 1.48. The highest BCUT2D eigenvalue weighted by molar-refractivity contribution is 9.10. The van der Waals surface area contributed by atoms with E-state index in [1.165, 1.54) is 0 Å². The van der Waals surface area contributed by atoms with Gasteiger partial charge in [0.25, 0.3) is 0 Å². The van der Waals surface area contributed by atoms with Crippen molar-refractivity contribution >= 4 is 21.6 Å². The van der Waals surface area contributed by atoms with Gasteiger partial charge in [0.1, 0.15) is 0 Å². The van der Waals surface area contributed by atoms with Crippen LogP contribution in [0.5, 0.6) is 0 Å². The van der Waals surface area contributed by atoms with Crippen LogP contribution in [0.2, 0.25) is 0 Å². The Morgan fingerprint density at radius 2 is 2.10 bits per heavy atom. The molecule has 0 saturated carbocycles. The summed E-state index contributed by atoms with van der Waals surface area (Å²) in [6.45, 7) is 0. The Bertz CT molecular complexity index is 205. The minimum Gasteiger partial charge on any atom is -1.00 e. The van der Waals surface area contributed by atoms with Gasteiger partial charge in [0.15, 0.2) is 0 Å². The molecule has 10 heavy (non-hydrogen) atoms. The smallest absolute Gasteiger partial charge is 0.0496 e. The van der Waals surface area contributed by atoms with E-state index in [1.54, 1.807) is 0 Å². The van der Waals surface area contributed by atoms with Crippen molar-refractivity contribution in [1.82, 2.24) is 0 Å². The van der Waals surface area contributed by atoms with E-state index in [1.807, 2.05) is 24.3 Å². The fourth-order valence-electron chi connectivity index (χ4n) is 0.578. The molecule has 56 valence electrons. The Morgan fingerprint density at radius 3 is 2.50 bits per heavy atom. The lowest BCUT2D eigenvalue weighted by molar-refractivity contribution is -0.00000177. The molecular weight excluding hydrogens is 215 g/mol. The molecule has 1 aromatic rings. The van der Waals surface area contributed by atoms with Crippen molar-refractivity contribution in [3.63, 3.8) is 0 Å². The number of hydrazine groups is 1. The van der Waals surface area contributed by atoms with Gasteiger partial charge in [0, 0.05) is 10.2 Å². The molecule has 0 unspecified atom stereocenters. The van der Waals surface area contributed by atoms with E-state index < -0.39 is 0 Å². The molecule has 0 bridgehead atoms. The van der Waals surface area contributed by atoms with Crippen molar-refractivity contribution in [2.75, 3.05) is 5.43 Å². The third-order valence-electron chi connectivity index (χ3n) is 0.991. The van der Waals surface area contributed by atoms with E-state index in [2.05, 4.69) is 21.4 Å².